The Labute approximate surface area is 111 Å². The van der Waals surface area contributed by atoms with Gasteiger partial charge < -0.3 is 15.2 Å². The maximum Gasteiger partial charge on any atom is 0.265 e. The molecule has 0 spiro atoms. The summed E-state index contributed by atoms with van der Waals surface area (Å²) in [6.45, 7) is 3.91. The first-order valence-electron chi connectivity index (χ1n) is 5.81. The third-order valence-corrected chi connectivity index (χ3v) is 3.10. The summed E-state index contributed by atoms with van der Waals surface area (Å²) in [6, 6.07) is 0. The molecule has 7 heteroatoms. The maximum absolute atomic E-state index is 11.9. The Bertz CT molecular complexity index is 393. The van der Waals surface area contributed by atoms with Gasteiger partial charge in [-0.25, -0.2) is 0 Å². The third-order valence-electron chi connectivity index (χ3n) is 2.33. The molecule has 0 radical (unpaired) electrons. The van der Waals surface area contributed by atoms with E-state index in [0.717, 1.165) is 24.4 Å². The molecule has 0 aliphatic rings. The molecule has 1 amide bonds. The lowest BCUT2D eigenvalue weighted by atomic mass is 10.1. The van der Waals surface area contributed by atoms with Crippen molar-refractivity contribution in [2.45, 2.75) is 32.3 Å². The highest BCUT2D eigenvalue weighted by Gasteiger charge is 2.23. The van der Waals surface area contributed by atoms with Crippen LogP contribution in [0.3, 0.4) is 0 Å². The average Bonchev–Trinajstić information content (AvgIpc) is 2.75. The van der Waals surface area contributed by atoms with E-state index in [1.807, 2.05) is 6.92 Å². The fourth-order valence-corrected chi connectivity index (χ4v) is 2.12. The van der Waals surface area contributed by atoms with Gasteiger partial charge in [0.2, 0.25) is 0 Å². The second kappa shape index (κ2) is 6.77. The molecule has 1 aromatic rings. The highest BCUT2D eigenvalue weighted by Crippen LogP contribution is 2.12. The second-order valence-electron chi connectivity index (χ2n) is 4.41. The Hall–Kier alpha value is -1.05. The summed E-state index contributed by atoms with van der Waals surface area (Å²) < 4.78 is 8.65. The van der Waals surface area contributed by atoms with Crippen molar-refractivity contribution in [1.82, 2.24) is 14.9 Å². The van der Waals surface area contributed by atoms with Crippen LogP contribution in [0.25, 0.3) is 0 Å². The molecule has 2 N–H and O–H groups in total. The zero-order valence-corrected chi connectivity index (χ0v) is 11.7. The predicted molar refractivity (Wildman–Crippen MR) is 68.7 cm³/mol. The van der Waals surface area contributed by atoms with E-state index >= 15 is 0 Å². The number of nitrogens with one attached hydrogen (secondary N) is 1. The summed E-state index contributed by atoms with van der Waals surface area (Å²) in [5.41, 5.74) is -0.362. The van der Waals surface area contributed by atoms with Crippen LogP contribution >= 0.6 is 11.5 Å². The molecule has 1 aromatic heterocycles. The number of hydrogen-bond acceptors (Lipinski definition) is 6. The Morgan fingerprint density at radius 1 is 1.61 bits per heavy atom. The van der Waals surface area contributed by atoms with Crippen molar-refractivity contribution >= 4 is 17.4 Å². The van der Waals surface area contributed by atoms with Crippen molar-refractivity contribution in [3.8, 4) is 0 Å². The van der Waals surface area contributed by atoms with E-state index in [2.05, 4.69) is 14.9 Å². The lowest BCUT2D eigenvalue weighted by Gasteiger charge is -2.22. The number of hydrogen-bond donors (Lipinski definition) is 2. The molecule has 0 aromatic carbocycles. The SMILES string of the molecule is CCCc1nnsc1C(=O)NCC(C)(O)COC. The monoisotopic (exact) mass is 273 g/mol. The quantitative estimate of drug-likeness (QED) is 0.760. The van der Waals surface area contributed by atoms with Crippen LogP contribution in [-0.2, 0) is 11.2 Å². The number of rotatable bonds is 7. The second-order valence-corrected chi connectivity index (χ2v) is 5.17. The number of nitrogens with zero attached hydrogens (tertiary/aromatic N) is 2. The van der Waals surface area contributed by atoms with Crippen molar-refractivity contribution < 1.29 is 14.6 Å². The molecule has 1 rings (SSSR count). The molecule has 18 heavy (non-hydrogen) atoms. The molecule has 0 fully saturated rings. The first kappa shape index (κ1) is 15.0. The van der Waals surface area contributed by atoms with Crippen LogP contribution in [0, 0.1) is 0 Å². The van der Waals surface area contributed by atoms with Crippen LogP contribution in [-0.4, -0.2) is 46.5 Å². The van der Waals surface area contributed by atoms with Gasteiger partial charge in [-0.3, -0.25) is 4.79 Å². The van der Waals surface area contributed by atoms with Gasteiger partial charge in [-0.1, -0.05) is 17.8 Å². The lowest BCUT2D eigenvalue weighted by molar-refractivity contribution is -0.0146. The number of carbonyl (C=O) groups is 1. The van der Waals surface area contributed by atoms with Gasteiger partial charge in [0.25, 0.3) is 5.91 Å². The zero-order chi connectivity index (χ0) is 13.6. The topological polar surface area (TPSA) is 84.3 Å². The smallest absolute Gasteiger partial charge is 0.265 e. The van der Waals surface area contributed by atoms with Crippen LogP contribution in [0.1, 0.15) is 35.6 Å². The van der Waals surface area contributed by atoms with E-state index < -0.39 is 5.60 Å². The van der Waals surface area contributed by atoms with Gasteiger partial charge in [-0.05, 0) is 24.9 Å². The predicted octanol–water partition coefficient (Wildman–Crippen LogP) is 0.618. The Morgan fingerprint density at radius 3 is 2.94 bits per heavy atom. The first-order chi connectivity index (χ1) is 8.50. The summed E-state index contributed by atoms with van der Waals surface area (Å²) in [5.74, 6) is -0.246. The molecule has 1 atom stereocenters. The van der Waals surface area contributed by atoms with E-state index in [0.29, 0.717) is 10.6 Å². The minimum absolute atomic E-state index is 0.128. The number of ether oxygens (including phenoxy) is 1. The molecule has 0 saturated heterocycles. The van der Waals surface area contributed by atoms with Crippen LogP contribution < -0.4 is 5.32 Å². The molecule has 0 bridgehead atoms. The Kier molecular flexibility index (Phi) is 5.64. The number of methoxy groups -OCH3 is 1. The summed E-state index contributed by atoms with van der Waals surface area (Å²) in [5, 5.41) is 16.5. The molecule has 6 nitrogen and oxygen atoms in total. The fraction of sp³-hybridized carbons (Fsp3) is 0.727. The highest BCUT2D eigenvalue weighted by atomic mass is 32.1. The molecule has 0 aliphatic heterocycles. The van der Waals surface area contributed by atoms with Gasteiger partial charge in [0.15, 0.2) is 0 Å². The standard InChI is InChI=1S/C11H19N3O3S/c1-4-5-8-9(18-14-13-8)10(15)12-6-11(2,16)7-17-3/h16H,4-7H2,1-3H3,(H,12,15). The van der Waals surface area contributed by atoms with Gasteiger partial charge in [0, 0.05) is 13.7 Å². The number of aromatic nitrogens is 2. The molecule has 0 aliphatic carbocycles. The highest BCUT2D eigenvalue weighted by molar-refractivity contribution is 7.08. The molecular formula is C11H19N3O3S. The van der Waals surface area contributed by atoms with Gasteiger partial charge in [0.05, 0.1) is 12.3 Å². The van der Waals surface area contributed by atoms with Crippen molar-refractivity contribution in [3.05, 3.63) is 10.6 Å². The van der Waals surface area contributed by atoms with Gasteiger partial charge in [-0.2, -0.15) is 0 Å². The minimum Gasteiger partial charge on any atom is -0.386 e. The van der Waals surface area contributed by atoms with Crippen molar-refractivity contribution in [2.75, 3.05) is 20.3 Å². The normalized spacial score (nSPS) is 14.2. The number of carbonyl (C=O) groups excluding carboxylic acids is 1. The largest absolute Gasteiger partial charge is 0.386 e. The summed E-state index contributed by atoms with van der Waals surface area (Å²) in [6.07, 6.45) is 1.64. The van der Waals surface area contributed by atoms with Crippen LogP contribution in [0.4, 0.5) is 0 Å². The number of amides is 1. The third kappa shape index (κ3) is 4.32. The van der Waals surface area contributed by atoms with Crippen molar-refractivity contribution in [2.24, 2.45) is 0 Å². The van der Waals surface area contributed by atoms with Crippen LogP contribution in [0.5, 0.6) is 0 Å². The van der Waals surface area contributed by atoms with E-state index in [9.17, 15) is 9.90 Å². The van der Waals surface area contributed by atoms with E-state index in [4.69, 9.17) is 4.74 Å². The van der Waals surface area contributed by atoms with E-state index in [1.165, 1.54) is 7.11 Å². The Morgan fingerprint density at radius 2 is 2.33 bits per heavy atom. The van der Waals surface area contributed by atoms with Gasteiger partial charge >= 0.3 is 0 Å². The lowest BCUT2D eigenvalue weighted by Crippen LogP contribution is -2.43. The average molecular weight is 273 g/mol. The molecule has 1 heterocycles. The minimum atomic E-state index is -1.08. The van der Waals surface area contributed by atoms with E-state index in [1.54, 1.807) is 6.92 Å². The summed E-state index contributed by atoms with van der Waals surface area (Å²) in [4.78, 5) is 12.4. The molecule has 1 unspecified atom stereocenters. The van der Waals surface area contributed by atoms with Gasteiger partial charge in [-0.15, -0.1) is 5.10 Å². The maximum atomic E-state index is 11.9. The van der Waals surface area contributed by atoms with Crippen molar-refractivity contribution in [1.29, 1.82) is 0 Å². The molecule has 102 valence electrons. The van der Waals surface area contributed by atoms with Crippen molar-refractivity contribution in [3.63, 3.8) is 0 Å². The summed E-state index contributed by atoms with van der Waals surface area (Å²) >= 11 is 1.08. The van der Waals surface area contributed by atoms with Crippen LogP contribution in [0.15, 0.2) is 0 Å². The summed E-state index contributed by atoms with van der Waals surface area (Å²) in [7, 11) is 1.50. The Balaban J connectivity index is 2.57. The first-order valence-corrected chi connectivity index (χ1v) is 6.58. The molecular weight excluding hydrogens is 254 g/mol. The zero-order valence-electron chi connectivity index (χ0n) is 10.9. The fourth-order valence-electron chi connectivity index (χ4n) is 1.49. The van der Waals surface area contributed by atoms with E-state index in [-0.39, 0.29) is 19.1 Å². The van der Waals surface area contributed by atoms with Crippen LogP contribution in [0.2, 0.25) is 0 Å². The number of aliphatic hydroxyl groups is 1. The molecule has 0 saturated carbocycles. The number of aryl methyl sites for hydroxylation is 1. The van der Waals surface area contributed by atoms with Gasteiger partial charge in [0.1, 0.15) is 10.5 Å².